The van der Waals surface area contributed by atoms with Crippen LogP contribution in [0.4, 0.5) is 4.39 Å². The summed E-state index contributed by atoms with van der Waals surface area (Å²) in [5, 5.41) is 0. The Morgan fingerprint density at radius 1 is 1.44 bits per heavy atom. The van der Waals surface area contributed by atoms with Gasteiger partial charge in [0, 0.05) is 10.6 Å². The van der Waals surface area contributed by atoms with Gasteiger partial charge in [0.25, 0.3) is 0 Å². The number of thioether (sulfide) groups is 1. The summed E-state index contributed by atoms with van der Waals surface area (Å²) >= 11 is 4.90. The van der Waals surface area contributed by atoms with Crippen molar-refractivity contribution < 1.29 is 8.81 Å². The van der Waals surface area contributed by atoms with Crippen LogP contribution in [0, 0.1) is 5.82 Å². The fraction of sp³-hybridized carbons (Fsp3) is 0.167. The normalized spacial score (nSPS) is 12.6. The Balaban J connectivity index is 2.02. The maximum Gasteiger partial charge on any atom is 0.137 e. The molecule has 0 bridgehead atoms. The van der Waals surface area contributed by atoms with Crippen LogP contribution in [0.1, 0.15) is 11.8 Å². The maximum atomic E-state index is 13.0. The Bertz CT molecular complexity index is 520. The fourth-order valence-corrected chi connectivity index (χ4v) is 2.95. The summed E-state index contributed by atoms with van der Waals surface area (Å²) in [6.45, 7) is 0. The highest BCUT2D eigenvalue weighted by molar-refractivity contribution is 9.10. The van der Waals surface area contributed by atoms with Crippen LogP contribution >= 0.6 is 27.7 Å². The summed E-state index contributed by atoms with van der Waals surface area (Å²) in [4.78, 5) is 0.859. The van der Waals surface area contributed by atoms with Gasteiger partial charge in [0.1, 0.15) is 11.6 Å². The monoisotopic (exact) mass is 330 g/mol. The van der Waals surface area contributed by atoms with Crippen LogP contribution in [0.5, 0.6) is 0 Å². The molecule has 6 heteroatoms. The standard InChI is InChI=1S/C12H12BrFN2OS/c13-10-4-5-17-12(10)11(16-15)7-18-9-3-1-2-8(14)6-9/h1-6,11,16H,7,15H2. The number of nitrogens with two attached hydrogens (primary N) is 1. The van der Waals surface area contributed by atoms with E-state index in [0.717, 1.165) is 15.1 Å². The molecule has 0 spiro atoms. The van der Waals surface area contributed by atoms with E-state index in [0.29, 0.717) is 5.75 Å². The van der Waals surface area contributed by atoms with E-state index in [2.05, 4.69) is 21.4 Å². The molecule has 0 aliphatic heterocycles. The van der Waals surface area contributed by atoms with E-state index >= 15 is 0 Å². The summed E-state index contributed by atoms with van der Waals surface area (Å²) in [5.74, 6) is 6.65. The molecule has 0 amide bonds. The van der Waals surface area contributed by atoms with E-state index in [4.69, 9.17) is 10.3 Å². The maximum absolute atomic E-state index is 13.0. The van der Waals surface area contributed by atoms with Crippen LogP contribution in [0.15, 0.2) is 50.4 Å². The summed E-state index contributed by atoms with van der Waals surface area (Å²) in [6, 6.07) is 8.14. The second-order valence-corrected chi connectivity index (χ2v) is 5.57. The number of nitrogens with one attached hydrogen (secondary N) is 1. The molecular weight excluding hydrogens is 319 g/mol. The van der Waals surface area contributed by atoms with Gasteiger partial charge in [-0.2, -0.15) is 0 Å². The summed E-state index contributed by atoms with van der Waals surface area (Å²) in [7, 11) is 0. The summed E-state index contributed by atoms with van der Waals surface area (Å²) in [5.41, 5.74) is 2.69. The molecule has 1 aromatic heterocycles. The minimum atomic E-state index is -0.239. The van der Waals surface area contributed by atoms with Gasteiger partial charge in [-0.1, -0.05) is 6.07 Å². The van der Waals surface area contributed by atoms with Gasteiger partial charge in [0.05, 0.1) is 16.8 Å². The van der Waals surface area contributed by atoms with Crippen molar-refractivity contribution in [2.75, 3.05) is 5.75 Å². The Hall–Kier alpha value is -0.820. The first-order valence-corrected chi connectivity index (χ1v) is 7.06. The number of hydrogen-bond acceptors (Lipinski definition) is 4. The number of rotatable bonds is 5. The Labute approximate surface area is 117 Å². The van der Waals surface area contributed by atoms with E-state index in [1.807, 2.05) is 12.1 Å². The minimum absolute atomic E-state index is 0.136. The Morgan fingerprint density at radius 2 is 2.28 bits per heavy atom. The summed E-state index contributed by atoms with van der Waals surface area (Å²) < 4.78 is 19.2. The molecule has 18 heavy (non-hydrogen) atoms. The number of benzene rings is 1. The van der Waals surface area contributed by atoms with Crippen molar-refractivity contribution in [2.24, 2.45) is 5.84 Å². The van der Waals surface area contributed by atoms with Gasteiger partial charge in [0.15, 0.2) is 0 Å². The third-order valence-electron chi connectivity index (χ3n) is 2.38. The lowest BCUT2D eigenvalue weighted by Gasteiger charge is -2.13. The zero-order valence-electron chi connectivity index (χ0n) is 9.40. The molecule has 0 fully saturated rings. The SMILES string of the molecule is NNC(CSc1cccc(F)c1)c1occc1Br. The van der Waals surface area contributed by atoms with Crippen LogP contribution in [0.3, 0.4) is 0 Å². The van der Waals surface area contributed by atoms with Crippen molar-refractivity contribution in [3.63, 3.8) is 0 Å². The quantitative estimate of drug-likeness (QED) is 0.500. The highest BCUT2D eigenvalue weighted by atomic mass is 79.9. The molecule has 2 rings (SSSR count). The molecule has 3 N–H and O–H groups in total. The van der Waals surface area contributed by atoms with Crippen LogP contribution in [0.25, 0.3) is 0 Å². The van der Waals surface area contributed by atoms with Gasteiger partial charge in [-0.25, -0.2) is 9.82 Å². The third-order valence-corrected chi connectivity index (χ3v) is 4.12. The predicted octanol–water partition coefficient (Wildman–Crippen LogP) is 3.48. The molecule has 1 aromatic carbocycles. The van der Waals surface area contributed by atoms with E-state index in [9.17, 15) is 4.39 Å². The average molecular weight is 331 g/mol. The molecule has 1 heterocycles. The van der Waals surface area contributed by atoms with Crippen molar-refractivity contribution >= 4 is 27.7 Å². The van der Waals surface area contributed by atoms with Crippen LogP contribution in [0.2, 0.25) is 0 Å². The zero-order valence-corrected chi connectivity index (χ0v) is 11.8. The first-order valence-electron chi connectivity index (χ1n) is 5.28. The van der Waals surface area contributed by atoms with Gasteiger partial charge in [-0.05, 0) is 40.2 Å². The van der Waals surface area contributed by atoms with Crippen LogP contribution in [-0.4, -0.2) is 5.75 Å². The van der Waals surface area contributed by atoms with Crippen molar-refractivity contribution in [1.29, 1.82) is 0 Å². The largest absolute Gasteiger partial charge is 0.466 e. The molecule has 3 nitrogen and oxygen atoms in total. The molecule has 0 radical (unpaired) electrons. The molecule has 96 valence electrons. The predicted molar refractivity (Wildman–Crippen MR) is 73.6 cm³/mol. The van der Waals surface area contributed by atoms with Gasteiger partial charge < -0.3 is 4.42 Å². The second kappa shape index (κ2) is 6.38. The number of halogens is 2. The van der Waals surface area contributed by atoms with Gasteiger partial charge >= 0.3 is 0 Å². The number of hydrogen-bond donors (Lipinski definition) is 2. The van der Waals surface area contributed by atoms with Gasteiger partial charge in [0.2, 0.25) is 0 Å². The van der Waals surface area contributed by atoms with Crippen molar-refractivity contribution in [2.45, 2.75) is 10.9 Å². The van der Waals surface area contributed by atoms with E-state index in [-0.39, 0.29) is 11.9 Å². The van der Waals surface area contributed by atoms with Crippen LogP contribution in [-0.2, 0) is 0 Å². The minimum Gasteiger partial charge on any atom is -0.466 e. The summed E-state index contributed by atoms with van der Waals surface area (Å²) in [6.07, 6.45) is 1.59. The first kappa shape index (κ1) is 13.6. The van der Waals surface area contributed by atoms with Crippen molar-refractivity contribution in [3.05, 3.63) is 52.6 Å². The molecule has 2 aromatic rings. The topological polar surface area (TPSA) is 51.2 Å². The van der Waals surface area contributed by atoms with Gasteiger partial charge in [-0.15, -0.1) is 11.8 Å². The van der Waals surface area contributed by atoms with E-state index in [1.54, 1.807) is 12.3 Å². The molecule has 1 atom stereocenters. The third kappa shape index (κ3) is 3.35. The van der Waals surface area contributed by atoms with Crippen LogP contribution < -0.4 is 11.3 Å². The van der Waals surface area contributed by atoms with Gasteiger partial charge in [-0.3, -0.25) is 5.84 Å². The molecule has 0 aliphatic rings. The van der Waals surface area contributed by atoms with Crippen molar-refractivity contribution in [3.8, 4) is 0 Å². The lowest BCUT2D eigenvalue weighted by atomic mass is 10.3. The molecule has 1 unspecified atom stereocenters. The fourth-order valence-electron chi connectivity index (χ4n) is 1.49. The molecular formula is C12H12BrFN2OS. The first-order chi connectivity index (χ1) is 8.70. The Kier molecular flexibility index (Phi) is 4.82. The van der Waals surface area contributed by atoms with E-state index < -0.39 is 0 Å². The number of hydrazine groups is 1. The molecule has 0 saturated heterocycles. The Morgan fingerprint density at radius 3 is 2.89 bits per heavy atom. The zero-order chi connectivity index (χ0) is 13.0. The highest BCUT2D eigenvalue weighted by Crippen LogP contribution is 2.29. The lowest BCUT2D eigenvalue weighted by molar-refractivity contribution is 0.438. The average Bonchev–Trinajstić information content (AvgIpc) is 2.77. The second-order valence-electron chi connectivity index (χ2n) is 3.62. The molecule has 0 saturated carbocycles. The van der Waals surface area contributed by atoms with E-state index in [1.165, 1.54) is 23.9 Å². The lowest BCUT2D eigenvalue weighted by Crippen LogP contribution is -2.29. The number of furan rings is 1. The highest BCUT2D eigenvalue weighted by Gasteiger charge is 2.16. The molecule has 0 aliphatic carbocycles. The van der Waals surface area contributed by atoms with Crippen molar-refractivity contribution in [1.82, 2.24) is 5.43 Å². The smallest absolute Gasteiger partial charge is 0.137 e.